The predicted octanol–water partition coefficient (Wildman–Crippen LogP) is 4.50. The van der Waals surface area contributed by atoms with E-state index in [1.165, 1.54) is 6.92 Å². The maximum atomic E-state index is 12.8. The minimum absolute atomic E-state index is 0.0934. The number of hydrogen-bond acceptors (Lipinski definition) is 6. The summed E-state index contributed by atoms with van der Waals surface area (Å²) in [6.45, 7) is 9.99. The van der Waals surface area contributed by atoms with E-state index in [1.54, 1.807) is 34.6 Å². The van der Waals surface area contributed by atoms with Crippen LogP contribution >= 0.6 is 0 Å². The van der Waals surface area contributed by atoms with Gasteiger partial charge in [0.15, 0.2) is 6.04 Å². The van der Waals surface area contributed by atoms with Crippen molar-refractivity contribution in [3.8, 4) is 11.1 Å². The van der Waals surface area contributed by atoms with E-state index in [-0.39, 0.29) is 12.5 Å². The number of benzene rings is 2. The standard InChI is InChI=1S/C27H34N2O6/c1-16(2)23(25(31)35-27(4,5)6)29(33)24(30)17(3)28-26(32)34-15-22-20-13-9-7-11-18(20)19-12-8-10-14-21(19)22/h7-14,16-17,22-23,33H,15H2,1-6H3,(H,28,32)/t17-,23-/m0/s1. The second kappa shape index (κ2) is 10.5. The number of alkyl carbamates (subject to hydrolysis) is 1. The van der Waals surface area contributed by atoms with Gasteiger partial charge in [0.25, 0.3) is 5.91 Å². The molecule has 0 bridgehead atoms. The third-order valence-corrected chi connectivity index (χ3v) is 5.82. The summed E-state index contributed by atoms with van der Waals surface area (Å²) in [5, 5.41) is 13.3. The van der Waals surface area contributed by atoms with Crippen LogP contribution in [-0.4, -0.2) is 52.5 Å². The highest BCUT2D eigenvalue weighted by Gasteiger charge is 2.37. The lowest BCUT2D eigenvalue weighted by molar-refractivity contribution is -0.198. The summed E-state index contributed by atoms with van der Waals surface area (Å²) < 4.78 is 10.8. The van der Waals surface area contributed by atoms with E-state index in [1.807, 2.05) is 48.5 Å². The average Bonchev–Trinajstić information content (AvgIpc) is 3.09. The molecule has 0 aliphatic heterocycles. The van der Waals surface area contributed by atoms with Crippen LogP contribution in [0.4, 0.5) is 4.79 Å². The molecule has 2 aromatic rings. The van der Waals surface area contributed by atoms with Crippen LogP contribution < -0.4 is 5.32 Å². The maximum Gasteiger partial charge on any atom is 0.407 e. The third kappa shape index (κ3) is 6.00. The second-order valence-electron chi connectivity index (χ2n) is 10.1. The van der Waals surface area contributed by atoms with Crippen LogP contribution in [0.15, 0.2) is 48.5 Å². The molecule has 0 fully saturated rings. The van der Waals surface area contributed by atoms with Crippen molar-refractivity contribution in [2.75, 3.05) is 6.61 Å². The molecule has 1 aliphatic carbocycles. The summed E-state index contributed by atoms with van der Waals surface area (Å²) in [6, 6.07) is 13.6. The number of carbonyl (C=O) groups is 3. The van der Waals surface area contributed by atoms with Crippen LogP contribution in [0.5, 0.6) is 0 Å². The molecule has 0 unspecified atom stereocenters. The van der Waals surface area contributed by atoms with Crippen molar-refractivity contribution < 1.29 is 29.1 Å². The average molecular weight is 483 g/mol. The number of rotatable bonds is 7. The zero-order valence-corrected chi connectivity index (χ0v) is 21.1. The first-order valence-electron chi connectivity index (χ1n) is 11.8. The fraction of sp³-hybridized carbons (Fsp3) is 0.444. The molecule has 0 aromatic heterocycles. The molecule has 0 radical (unpaired) electrons. The van der Waals surface area contributed by atoms with Gasteiger partial charge in [0.1, 0.15) is 18.2 Å². The second-order valence-corrected chi connectivity index (χ2v) is 10.1. The normalized spacial score (nSPS) is 14.5. The molecule has 2 amide bonds. The molecule has 8 heteroatoms. The molecule has 0 saturated carbocycles. The van der Waals surface area contributed by atoms with Crippen molar-refractivity contribution in [3.63, 3.8) is 0 Å². The van der Waals surface area contributed by atoms with Gasteiger partial charge in [-0.2, -0.15) is 0 Å². The first-order valence-corrected chi connectivity index (χ1v) is 11.8. The van der Waals surface area contributed by atoms with E-state index in [0.717, 1.165) is 22.3 Å². The van der Waals surface area contributed by atoms with E-state index in [2.05, 4.69) is 5.32 Å². The summed E-state index contributed by atoms with van der Waals surface area (Å²) in [6.07, 6.45) is -0.792. The van der Waals surface area contributed by atoms with Gasteiger partial charge in [-0.25, -0.2) is 14.7 Å². The molecule has 8 nitrogen and oxygen atoms in total. The zero-order chi connectivity index (χ0) is 25.9. The van der Waals surface area contributed by atoms with Crippen molar-refractivity contribution in [2.45, 2.75) is 65.1 Å². The number of ether oxygens (including phenoxy) is 2. The van der Waals surface area contributed by atoms with Gasteiger partial charge in [-0.15, -0.1) is 0 Å². The zero-order valence-electron chi connectivity index (χ0n) is 21.1. The van der Waals surface area contributed by atoms with Crippen molar-refractivity contribution in [3.05, 3.63) is 59.7 Å². The minimum Gasteiger partial charge on any atom is -0.458 e. The highest BCUT2D eigenvalue weighted by molar-refractivity contribution is 5.89. The summed E-state index contributed by atoms with van der Waals surface area (Å²) in [7, 11) is 0. The predicted molar refractivity (Wildman–Crippen MR) is 131 cm³/mol. The van der Waals surface area contributed by atoms with E-state index < -0.39 is 41.6 Å². The first-order chi connectivity index (χ1) is 16.4. The Morgan fingerprint density at radius 1 is 0.971 bits per heavy atom. The monoisotopic (exact) mass is 482 g/mol. The summed E-state index contributed by atoms with van der Waals surface area (Å²) in [5.41, 5.74) is 3.59. The Bertz CT molecular complexity index is 1050. The van der Waals surface area contributed by atoms with Gasteiger partial charge in [-0.1, -0.05) is 62.4 Å². The molecule has 0 saturated heterocycles. The molecule has 0 heterocycles. The lowest BCUT2D eigenvalue weighted by Crippen LogP contribution is -2.54. The highest BCUT2D eigenvalue weighted by Crippen LogP contribution is 2.44. The van der Waals surface area contributed by atoms with Gasteiger partial charge in [-0.3, -0.25) is 10.0 Å². The van der Waals surface area contributed by atoms with E-state index >= 15 is 0 Å². The van der Waals surface area contributed by atoms with Crippen molar-refractivity contribution in [2.24, 2.45) is 5.92 Å². The quantitative estimate of drug-likeness (QED) is 0.342. The van der Waals surface area contributed by atoms with Gasteiger partial charge in [0, 0.05) is 5.92 Å². The Hall–Kier alpha value is -3.39. The number of hydroxylamine groups is 2. The van der Waals surface area contributed by atoms with Gasteiger partial charge in [-0.05, 0) is 55.9 Å². The molecule has 2 atom stereocenters. The van der Waals surface area contributed by atoms with Gasteiger partial charge >= 0.3 is 12.1 Å². The number of fused-ring (bicyclic) bond motifs is 3. The summed E-state index contributed by atoms with van der Waals surface area (Å²) >= 11 is 0. The summed E-state index contributed by atoms with van der Waals surface area (Å²) in [5.74, 6) is -2.11. The Kier molecular flexibility index (Phi) is 7.85. The number of nitrogens with one attached hydrogen (secondary N) is 1. The van der Waals surface area contributed by atoms with Crippen molar-refractivity contribution in [1.29, 1.82) is 0 Å². The molecule has 2 N–H and O–H groups in total. The SMILES string of the molecule is CC(C)[C@@H](C(=O)OC(C)(C)C)N(O)C(=O)[C@H](C)NC(=O)OCC1c2ccccc2-c2ccccc21. The van der Waals surface area contributed by atoms with Gasteiger partial charge < -0.3 is 14.8 Å². The minimum atomic E-state index is -1.21. The van der Waals surface area contributed by atoms with Gasteiger partial charge in [0.2, 0.25) is 0 Å². The fourth-order valence-electron chi connectivity index (χ4n) is 4.23. The number of esters is 1. The molecule has 0 spiro atoms. The Balaban J connectivity index is 1.62. The number of amides is 2. The van der Waals surface area contributed by atoms with Gasteiger partial charge in [0.05, 0.1) is 0 Å². The van der Waals surface area contributed by atoms with Crippen LogP contribution in [0, 0.1) is 5.92 Å². The van der Waals surface area contributed by atoms with Crippen molar-refractivity contribution in [1.82, 2.24) is 10.4 Å². The van der Waals surface area contributed by atoms with E-state index in [0.29, 0.717) is 5.06 Å². The molecule has 3 rings (SSSR count). The van der Waals surface area contributed by atoms with Crippen LogP contribution in [0.25, 0.3) is 11.1 Å². The van der Waals surface area contributed by atoms with Crippen LogP contribution in [-0.2, 0) is 19.1 Å². The van der Waals surface area contributed by atoms with Crippen LogP contribution in [0.2, 0.25) is 0 Å². The van der Waals surface area contributed by atoms with Crippen LogP contribution in [0.1, 0.15) is 58.6 Å². The first kappa shape index (κ1) is 26.2. The maximum absolute atomic E-state index is 12.8. The molecular formula is C27H34N2O6. The third-order valence-electron chi connectivity index (χ3n) is 5.82. The molecule has 2 aromatic carbocycles. The lowest BCUT2D eigenvalue weighted by Gasteiger charge is -2.31. The fourth-order valence-corrected chi connectivity index (χ4v) is 4.23. The molecule has 35 heavy (non-hydrogen) atoms. The number of nitrogens with zero attached hydrogens (tertiary/aromatic N) is 1. The summed E-state index contributed by atoms with van der Waals surface area (Å²) in [4.78, 5) is 37.8. The largest absolute Gasteiger partial charge is 0.458 e. The topological polar surface area (TPSA) is 105 Å². The van der Waals surface area contributed by atoms with Crippen LogP contribution in [0.3, 0.4) is 0 Å². The molecule has 188 valence electrons. The Labute approximate surface area is 206 Å². The van der Waals surface area contributed by atoms with Crippen molar-refractivity contribution >= 4 is 18.0 Å². The Morgan fingerprint density at radius 2 is 1.49 bits per heavy atom. The molecule has 1 aliphatic rings. The van der Waals surface area contributed by atoms with E-state index in [4.69, 9.17) is 9.47 Å². The Morgan fingerprint density at radius 3 is 1.97 bits per heavy atom. The lowest BCUT2D eigenvalue weighted by atomic mass is 9.98. The van der Waals surface area contributed by atoms with E-state index in [9.17, 15) is 19.6 Å². The number of hydrogen-bond donors (Lipinski definition) is 2. The highest BCUT2D eigenvalue weighted by atomic mass is 16.6. The number of carbonyl (C=O) groups excluding carboxylic acids is 3. The smallest absolute Gasteiger partial charge is 0.407 e. The molecular weight excluding hydrogens is 448 g/mol.